The van der Waals surface area contributed by atoms with E-state index in [4.69, 9.17) is 0 Å². The van der Waals surface area contributed by atoms with Crippen molar-refractivity contribution >= 4 is 39.7 Å². The van der Waals surface area contributed by atoms with E-state index >= 15 is 0 Å². The van der Waals surface area contributed by atoms with E-state index < -0.39 is 0 Å². The Labute approximate surface area is 167 Å². The van der Waals surface area contributed by atoms with Crippen LogP contribution < -0.4 is 10.6 Å². The van der Waals surface area contributed by atoms with E-state index in [1.807, 2.05) is 58.5 Å². The first-order chi connectivity index (χ1) is 14.1. The van der Waals surface area contributed by atoms with Crippen molar-refractivity contribution in [1.29, 1.82) is 0 Å². The molecule has 2 aromatic heterocycles. The predicted octanol–water partition coefficient (Wildman–Crippen LogP) is 3.57. The van der Waals surface area contributed by atoms with Crippen LogP contribution in [0.25, 0.3) is 21.9 Å². The number of hydrogen-bond acceptors (Lipinski definition) is 3. The fourth-order valence-corrected chi connectivity index (χ4v) is 4.10. The zero-order valence-corrected chi connectivity index (χ0v) is 16.3. The molecule has 1 aliphatic heterocycles. The summed E-state index contributed by atoms with van der Waals surface area (Å²) in [4.78, 5) is 29.7. The zero-order valence-electron chi connectivity index (χ0n) is 16.3. The van der Waals surface area contributed by atoms with E-state index in [-0.39, 0.29) is 17.9 Å². The van der Waals surface area contributed by atoms with Crippen LogP contribution in [0.1, 0.15) is 40.7 Å². The number of carbonyl (C=O) groups excluding carboxylic acids is 2. The molecule has 0 radical (unpaired) electrons. The van der Waals surface area contributed by atoms with Crippen molar-refractivity contribution in [2.45, 2.75) is 26.4 Å². The molecule has 146 valence electrons. The number of para-hydroxylation sites is 2. The van der Waals surface area contributed by atoms with Crippen LogP contribution >= 0.6 is 0 Å². The van der Waals surface area contributed by atoms with Crippen LogP contribution in [-0.2, 0) is 6.54 Å². The number of carbonyl (C=O) groups is 2. The van der Waals surface area contributed by atoms with Crippen molar-refractivity contribution in [2.75, 3.05) is 11.9 Å². The molecule has 0 unspecified atom stereocenters. The Kier molecular flexibility index (Phi) is 3.91. The summed E-state index contributed by atoms with van der Waals surface area (Å²) in [5.41, 5.74) is 3.89. The number of aryl methyl sites for hydroxylation is 1. The molecule has 1 atom stereocenters. The minimum atomic E-state index is -0.222. The van der Waals surface area contributed by atoms with Crippen molar-refractivity contribution in [2.24, 2.45) is 0 Å². The van der Waals surface area contributed by atoms with Gasteiger partial charge in [0.25, 0.3) is 11.8 Å². The fourth-order valence-electron chi connectivity index (χ4n) is 4.10. The number of hydrogen-bond donors (Lipinski definition) is 2. The maximum atomic E-state index is 13.0. The molecular formula is C22H21N5O2. The van der Waals surface area contributed by atoms with Gasteiger partial charge in [0.2, 0.25) is 5.95 Å². The number of amides is 2. The van der Waals surface area contributed by atoms with Gasteiger partial charge in [0.15, 0.2) is 0 Å². The highest BCUT2D eigenvalue weighted by Gasteiger charge is 2.25. The number of aromatic nitrogens is 3. The second-order valence-corrected chi connectivity index (χ2v) is 7.35. The molecule has 7 nitrogen and oxygen atoms in total. The molecule has 2 aromatic carbocycles. The number of fused-ring (bicyclic) bond motifs is 4. The molecule has 0 spiro atoms. The molecule has 7 heteroatoms. The fraction of sp³-hybridized carbons (Fsp3) is 0.227. The molecule has 0 bridgehead atoms. The second kappa shape index (κ2) is 6.48. The van der Waals surface area contributed by atoms with Crippen molar-refractivity contribution in [3.8, 4) is 0 Å². The summed E-state index contributed by atoms with van der Waals surface area (Å²) in [6.45, 7) is 5.36. The van der Waals surface area contributed by atoms with E-state index in [1.165, 1.54) is 0 Å². The molecular weight excluding hydrogens is 366 g/mol. The molecule has 4 aromatic rings. The van der Waals surface area contributed by atoms with Gasteiger partial charge in [0, 0.05) is 35.6 Å². The number of anilines is 1. The Bertz CT molecular complexity index is 1280. The summed E-state index contributed by atoms with van der Waals surface area (Å²) in [5.74, 6) is 0.228. The minimum Gasteiger partial charge on any atom is -0.349 e. The third kappa shape index (κ3) is 2.69. The summed E-state index contributed by atoms with van der Waals surface area (Å²) >= 11 is 0. The highest BCUT2D eigenvalue weighted by Crippen LogP contribution is 2.28. The largest absolute Gasteiger partial charge is 0.349 e. The molecule has 1 aliphatic rings. The van der Waals surface area contributed by atoms with Gasteiger partial charge in [-0.15, -0.1) is 0 Å². The predicted molar refractivity (Wildman–Crippen MR) is 112 cm³/mol. The average Bonchev–Trinajstić information content (AvgIpc) is 3.28. The van der Waals surface area contributed by atoms with Gasteiger partial charge in [-0.3, -0.25) is 14.9 Å². The van der Waals surface area contributed by atoms with Gasteiger partial charge in [0.1, 0.15) is 5.69 Å². The molecule has 0 saturated heterocycles. The first kappa shape index (κ1) is 17.5. The maximum Gasteiger partial charge on any atom is 0.268 e. The number of imidazole rings is 1. The Morgan fingerprint density at radius 2 is 2.03 bits per heavy atom. The van der Waals surface area contributed by atoms with Crippen LogP contribution in [0.4, 0.5) is 5.95 Å². The average molecular weight is 387 g/mol. The molecule has 0 fully saturated rings. The second-order valence-electron chi connectivity index (χ2n) is 7.35. The van der Waals surface area contributed by atoms with Gasteiger partial charge < -0.3 is 14.5 Å². The Morgan fingerprint density at radius 3 is 2.86 bits per heavy atom. The van der Waals surface area contributed by atoms with Crippen molar-refractivity contribution in [3.05, 3.63) is 59.8 Å². The van der Waals surface area contributed by atoms with Crippen LogP contribution in [0, 0.1) is 0 Å². The van der Waals surface area contributed by atoms with Crippen molar-refractivity contribution in [1.82, 2.24) is 19.4 Å². The van der Waals surface area contributed by atoms with E-state index in [2.05, 4.69) is 22.5 Å². The Hall–Kier alpha value is -3.61. The highest BCUT2D eigenvalue weighted by molar-refractivity contribution is 6.07. The lowest BCUT2D eigenvalue weighted by Crippen LogP contribution is -2.37. The Morgan fingerprint density at radius 1 is 1.21 bits per heavy atom. The van der Waals surface area contributed by atoms with E-state index in [0.29, 0.717) is 30.3 Å². The van der Waals surface area contributed by atoms with Gasteiger partial charge >= 0.3 is 0 Å². The van der Waals surface area contributed by atoms with Gasteiger partial charge in [-0.1, -0.05) is 18.2 Å². The lowest BCUT2D eigenvalue weighted by molar-refractivity contribution is 0.0919. The summed E-state index contributed by atoms with van der Waals surface area (Å²) in [6, 6.07) is 15.3. The maximum absolute atomic E-state index is 13.0. The molecule has 29 heavy (non-hydrogen) atoms. The summed E-state index contributed by atoms with van der Waals surface area (Å²) < 4.78 is 3.99. The number of nitrogens with one attached hydrogen (secondary N) is 2. The lowest BCUT2D eigenvalue weighted by Gasteiger charge is -2.24. The topological polar surface area (TPSA) is 81.0 Å². The molecule has 5 rings (SSSR count). The van der Waals surface area contributed by atoms with Crippen molar-refractivity contribution in [3.63, 3.8) is 0 Å². The zero-order chi connectivity index (χ0) is 20.1. The highest BCUT2D eigenvalue weighted by atomic mass is 16.2. The third-order valence-corrected chi connectivity index (χ3v) is 5.53. The normalized spacial score (nSPS) is 16.1. The van der Waals surface area contributed by atoms with Crippen LogP contribution in [0.2, 0.25) is 0 Å². The summed E-state index contributed by atoms with van der Waals surface area (Å²) in [5, 5.41) is 6.79. The van der Waals surface area contributed by atoms with Crippen molar-refractivity contribution < 1.29 is 9.59 Å². The SMILES string of the molecule is CCn1c(NC(=O)c2ccc3cc4n(c3c2)[C@@H](C)CNC4=O)nc2ccccc21. The minimum absolute atomic E-state index is 0.0815. The van der Waals surface area contributed by atoms with E-state index in [0.717, 1.165) is 21.9 Å². The molecule has 0 aliphatic carbocycles. The first-order valence-corrected chi connectivity index (χ1v) is 9.76. The van der Waals surface area contributed by atoms with Crippen LogP contribution in [0.5, 0.6) is 0 Å². The van der Waals surface area contributed by atoms with Gasteiger partial charge in [-0.25, -0.2) is 4.98 Å². The summed E-state index contributed by atoms with van der Waals surface area (Å²) in [6.07, 6.45) is 0. The number of nitrogens with zero attached hydrogens (tertiary/aromatic N) is 3. The van der Waals surface area contributed by atoms with Gasteiger partial charge in [-0.2, -0.15) is 0 Å². The Balaban J connectivity index is 1.54. The lowest BCUT2D eigenvalue weighted by atomic mass is 10.1. The molecule has 3 heterocycles. The third-order valence-electron chi connectivity index (χ3n) is 5.53. The van der Waals surface area contributed by atoms with E-state index in [1.54, 1.807) is 6.07 Å². The first-order valence-electron chi connectivity index (χ1n) is 9.76. The smallest absolute Gasteiger partial charge is 0.268 e. The van der Waals surface area contributed by atoms with Gasteiger partial charge in [-0.05, 0) is 44.2 Å². The quantitative estimate of drug-likeness (QED) is 0.564. The standard InChI is InChI=1S/C22H21N5O2/c1-3-26-17-7-5-4-6-16(17)24-22(26)25-20(28)15-9-8-14-10-19-21(29)23-12-13(2)27(19)18(14)11-15/h4-11,13H,3,12H2,1-2H3,(H,23,29)(H,24,25,28)/t13-/m0/s1. The monoisotopic (exact) mass is 387 g/mol. The van der Waals surface area contributed by atoms with Crippen LogP contribution in [0.15, 0.2) is 48.5 Å². The number of rotatable bonds is 3. The molecule has 2 N–H and O–H groups in total. The number of benzene rings is 2. The summed E-state index contributed by atoms with van der Waals surface area (Å²) in [7, 11) is 0. The van der Waals surface area contributed by atoms with E-state index in [9.17, 15) is 9.59 Å². The van der Waals surface area contributed by atoms with Crippen LogP contribution in [-0.4, -0.2) is 32.5 Å². The van der Waals surface area contributed by atoms with Crippen LogP contribution in [0.3, 0.4) is 0 Å². The molecule has 2 amide bonds. The molecule has 0 saturated carbocycles. The van der Waals surface area contributed by atoms with Gasteiger partial charge in [0.05, 0.1) is 11.0 Å².